The number of aliphatic hydroxyl groups is 1. The van der Waals surface area contributed by atoms with E-state index in [1.54, 1.807) is 6.20 Å². The van der Waals surface area contributed by atoms with Gasteiger partial charge >= 0.3 is 0 Å². The van der Waals surface area contributed by atoms with Gasteiger partial charge in [-0.05, 0) is 29.8 Å². The minimum absolute atomic E-state index is 0.0176. The molecule has 0 spiro atoms. The molecule has 111 valence electrons. The van der Waals surface area contributed by atoms with Crippen LogP contribution in [0.4, 0.5) is 0 Å². The molecule has 0 saturated heterocycles. The second kappa shape index (κ2) is 5.66. The standard InChI is InChI=1S/C19H14N3O/c23-13-14-5-4-8-16(11-14)18-12-20-19-10-9-17(21-22(18)19)15-6-2-1-3-7-15/h2-12,23H,13H2. The van der Waals surface area contributed by atoms with Gasteiger partial charge in [0.05, 0.1) is 24.2 Å². The number of aliphatic hydroxyl groups excluding tert-OH is 1. The van der Waals surface area contributed by atoms with Crippen molar-refractivity contribution in [2.24, 2.45) is 0 Å². The van der Waals surface area contributed by atoms with Gasteiger partial charge in [0.2, 0.25) is 0 Å². The molecule has 0 aliphatic rings. The van der Waals surface area contributed by atoms with Crippen molar-refractivity contribution in [3.8, 4) is 22.5 Å². The molecule has 1 N–H and O–H groups in total. The number of benzene rings is 2. The first-order chi connectivity index (χ1) is 11.3. The van der Waals surface area contributed by atoms with Crippen LogP contribution in [0.1, 0.15) is 5.56 Å². The zero-order valence-corrected chi connectivity index (χ0v) is 12.3. The van der Waals surface area contributed by atoms with Crippen molar-refractivity contribution in [3.63, 3.8) is 0 Å². The fourth-order valence-electron chi connectivity index (χ4n) is 2.61. The zero-order valence-electron chi connectivity index (χ0n) is 12.3. The van der Waals surface area contributed by atoms with E-state index >= 15 is 0 Å². The highest BCUT2D eigenvalue weighted by atomic mass is 16.3. The summed E-state index contributed by atoms with van der Waals surface area (Å²) in [4.78, 5) is 4.42. The van der Waals surface area contributed by atoms with E-state index in [-0.39, 0.29) is 6.61 Å². The predicted molar refractivity (Wildman–Crippen MR) is 88.6 cm³/mol. The lowest BCUT2D eigenvalue weighted by molar-refractivity contribution is 0.282. The molecule has 1 radical (unpaired) electrons. The van der Waals surface area contributed by atoms with Crippen molar-refractivity contribution in [2.75, 3.05) is 0 Å². The molecule has 0 amide bonds. The molecule has 4 rings (SSSR count). The number of aromatic nitrogens is 3. The Morgan fingerprint density at radius 1 is 1.00 bits per heavy atom. The first-order valence-electron chi connectivity index (χ1n) is 7.36. The van der Waals surface area contributed by atoms with Crippen LogP contribution in [-0.4, -0.2) is 19.7 Å². The summed E-state index contributed by atoms with van der Waals surface area (Å²) in [6.45, 7) is 0.0176. The fraction of sp³-hybridized carbons (Fsp3) is 0.0526. The van der Waals surface area contributed by atoms with Crippen LogP contribution in [0.25, 0.3) is 28.2 Å². The molecule has 2 heterocycles. The number of rotatable bonds is 3. The van der Waals surface area contributed by atoms with Crippen LogP contribution < -0.4 is 0 Å². The van der Waals surface area contributed by atoms with E-state index in [9.17, 15) is 5.11 Å². The molecule has 0 aliphatic heterocycles. The highest BCUT2D eigenvalue weighted by Crippen LogP contribution is 2.23. The van der Waals surface area contributed by atoms with Gasteiger partial charge in [-0.3, -0.25) is 0 Å². The Morgan fingerprint density at radius 3 is 2.70 bits per heavy atom. The van der Waals surface area contributed by atoms with Gasteiger partial charge in [-0.2, -0.15) is 5.10 Å². The van der Waals surface area contributed by atoms with Crippen LogP contribution in [0.5, 0.6) is 0 Å². The minimum atomic E-state index is 0.0176. The third-order valence-electron chi connectivity index (χ3n) is 3.78. The summed E-state index contributed by atoms with van der Waals surface area (Å²) in [5.74, 6) is 0. The van der Waals surface area contributed by atoms with Crippen molar-refractivity contribution in [1.82, 2.24) is 14.6 Å². The van der Waals surface area contributed by atoms with E-state index in [1.165, 1.54) is 0 Å². The normalized spacial score (nSPS) is 11.0. The monoisotopic (exact) mass is 300 g/mol. The molecule has 23 heavy (non-hydrogen) atoms. The lowest BCUT2D eigenvalue weighted by Gasteiger charge is -2.05. The lowest BCUT2D eigenvalue weighted by atomic mass is 10.1. The Kier molecular flexibility index (Phi) is 3.37. The molecule has 0 atom stereocenters. The van der Waals surface area contributed by atoms with Gasteiger partial charge in [0, 0.05) is 11.1 Å². The summed E-state index contributed by atoms with van der Waals surface area (Å²) >= 11 is 0. The highest BCUT2D eigenvalue weighted by molar-refractivity contribution is 5.66. The quantitative estimate of drug-likeness (QED) is 0.631. The van der Waals surface area contributed by atoms with Crippen molar-refractivity contribution < 1.29 is 5.11 Å². The van der Waals surface area contributed by atoms with Crippen molar-refractivity contribution >= 4 is 5.65 Å². The molecule has 4 aromatic rings. The minimum Gasteiger partial charge on any atom is -0.392 e. The maximum absolute atomic E-state index is 9.32. The van der Waals surface area contributed by atoms with E-state index in [4.69, 9.17) is 5.10 Å². The highest BCUT2D eigenvalue weighted by Gasteiger charge is 2.09. The molecule has 0 unspecified atom stereocenters. The zero-order chi connectivity index (χ0) is 15.6. The summed E-state index contributed by atoms with van der Waals surface area (Å²) in [7, 11) is 0. The largest absolute Gasteiger partial charge is 0.392 e. The third-order valence-corrected chi connectivity index (χ3v) is 3.78. The molecule has 4 nitrogen and oxygen atoms in total. The molecule has 0 fully saturated rings. The summed E-state index contributed by atoms with van der Waals surface area (Å²) in [6, 6.07) is 22.4. The number of hydrogen-bond donors (Lipinski definition) is 1. The van der Waals surface area contributed by atoms with Gasteiger partial charge in [0.15, 0.2) is 5.65 Å². The lowest BCUT2D eigenvalue weighted by Crippen LogP contribution is -1.97. The van der Waals surface area contributed by atoms with Crippen LogP contribution in [-0.2, 0) is 6.61 Å². The smallest absolute Gasteiger partial charge is 0.154 e. The van der Waals surface area contributed by atoms with Crippen LogP contribution in [0.3, 0.4) is 0 Å². The van der Waals surface area contributed by atoms with Crippen molar-refractivity contribution in [3.05, 3.63) is 78.5 Å². The van der Waals surface area contributed by atoms with Gasteiger partial charge in [-0.1, -0.05) is 42.5 Å². The maximum Gasteiger partial charge on any atom is 0.154 e. The summed E-state index contributed by atoms with van der Waals surface area (Å²) < 4.78 is 1.84. The Labute approximate surface area is 133 Å². The van der Waals surface area contributed by atoms with E-state index in [1.807, 2.05) is 65.2 Å². The van der Waals surface area contributed by atoms with Gasteiger partial charge in [-0.25, -0.2) is 9.50 Å². The Morgan fingerprint density at radius 2 is 1.87 bits per heavy atom. The van der Waals surface area contributed by atoms with E-state index < -0.39 is 0 Å². The van der Waals surface area contributed by atoms with Crippen molar-refractivity contribution in [2.45, 2.75) is 6.61 Å². The van der Waals surface area contributed by atoms with Gasteiger partial charge in [-0.15, -0.1) is 0 Å². The molecule has 4 heteroatoms. The molecular weight excluding hydrogens is 286 g/mol. The topological polar surface area (TPSA) is 50.4 Å². The Hall–Kier alpha value is -2.98. The fourth-order valence-corrected chi connectivity index (χ4v) is 2.61. The SMILES string of the molecule is OCc1cccc(-c2cnc3ccc(-c4cc[c]cc4)nn23)c1. The molecule has 0 bridgehead atoms. The summed E-state index contributed by atoms with van der Waals surface area (Å²) in [5, 5.41) is 14.0. The summed E-state index contributed by atoms with van der Waals surface area (Å²) in [6.07, 6.45) is 1.81. The van der Waals surface area contributed by atoms with Crippen LogP contribution in [0.2, 0.25) is 0 Å². The van der Waals surface area contributed by atoms with Crippen LogP contribution in [0.15, 0.2) is 66.9 Å². The number of nitrogens with zero attached hydrogens (tertiary/aromatic N) is 3. The number of imidazole rings is 1. The van der Waals surface area contributed by atoms with Gasteiger partial charge in [0.25, 0.3) is 0 Å². The van der Waals surface area contributed by atoms with Gasteiger partial charge < -0.3 is 5.11 Å². The number of hydrogen-bond acceptors (Lipinski definition) is 3. The predicted octanol–water partition coefficient (Wildman–Crippen LogP) is 3.36. The van der Waals surface area contributed by atoms with Crippen molar-refractivity contribution in [1.29, 1.82) is 0 Å². The Balaban J connectivity index is 1.88. The molecule has 0 aliphatic carbocycles. The maximum atomic E-state index is 9.32. The first kappa shape index (κ1) is 13.7. The van der Waals surface area contributed by atoms with Crippen LogP contribution in [0, 0.1) is 6.07 Å². The molecule has 2 aromatic heterocycles. The Bertz CT molecular complexity index is 961. The molecule has 0 saturated carbocycles. The third kappa shape index (κ3) is 2.49. The second-order valence-electron chi connectivity index (χ2n) is 5.28. The van der Waals surface area contributed by atoms with E-state index in [0.29, 0.717) is 0 Å². The molecular formula is C19H14N3O. The van der Waals surface area contributed by atoms with E-state index in [0.717, 1.165) is 33.7 Å². The first-order valence-corrected chi connectivity index (χ1v) is 7.36. The molecule has 2 aromatic carbocycles. The summed E-state index contributed by atoms with van der Waals surface area (Å²) in [5.41, 5.74) is 5.46. The number of fused-ring (bicyclic) bond motifs is 1. The van der Waals surface area contributed by atoms with E-state index in [2.05, 4.69) is 11.1 Å². The average molecular weight is 300 g/mol. The average Bonchev–Trinajstić information content (AvgIpc) is 3.05. The van der Waals surface area contributed by atoms with Gasteiger partial charge in [0.1, 0.15) is 0 Å². The van der Waals surface area contributed by atoms with Crippen LogP contribution >= 0.6 is 0 Å². The second-order valence-corrected chi connectivity index (χ2v) is 5.28.